The van der Waals surface area contributed by atoms with Gasteiger partial charge in [0, 0.05) is 6.92 Å². The summed E-state index contributed by atoms with van der Waals surface area (Å²) in [6.07, 6.45) is 1.27. The Hall–Kier alpha value is -1.57. The molecular formula is C11H12O2. The molecule has 0 fully saturated rings. The van der Waals surface area contributed by atoms with Crippen molar-refractivity contribution >= 4 is 5.97 Å². The quantitative estimate of drug-likeness (QED) is 0.522. The Kier molecular flexibility index (Phi) is 3.26. The molecule has 0 saturated carbocycles. The van der Waals surface area contributed by atoms with E-state index in [1.165, 1.54) is 6.92 Å². The Bertz CT molecular complexity index is 290. The number of carbonyl (C=O) groups excluding carboxylic acids is 1. The molecule has 0 aliphatic heterocycles. The maximum Gasteiger partial charge on any atom is 0.303 e. The monoisotopic (exact) mass is 176 g/mol. The first kappa shape index (κ1) is 9.52. The van der Waals surface area contributed by atoms with E-state index in [4.69, 9.17) is 4.74 Å². The van der Waals surface area contributed by atoms with Crippen LogP contribution < -0.4 is 0 Å². The van der Waals surface area contributed by atoms with Crippen LogP contribution >= 0.6 is 0 Å². The molecule has 0 amide bonds. The Balaban J connectivity index is 2.78. The van der Waals surface area contributed by atoms with Crippen LogP contribution in [-0.2, 0) is 9.53 Å². The van der Waals surface area contributed by atoms with Gasteiger partial charge in [0.25, 0.3) is 0 Å². The summed E-state index contributed by atoms with van der Waals surface area (Å²) in [7, 11) is 0. The summed E-state index contributed by atoms with van der Waals surface area (Å²) in [6, 6.07) is 9.51. The zero-order valence-corrected chi connectivity index (χ0v) is 7.57. The molecule has 0 unspecified atom stereocenters. The van der Waals surface area contributed by atoms with Crippen molar-refractivity contribution in [3.63, 3.8) is 0 Å². The average molecular weight is 176 g/mol. The van der Waals surface area contributed by atoms with Crippen LogP contribution in [0.1, 0.15) is 18.6 Å². The number of hydrogen-bond acceptors (Lipinski definition) is 2. The van der Waals surface area contributed by atoms with Gasteiger partial charge in [-0.1, -0.05) is 36.9 Å². The fraction of sp³-hybridized carbons (Fsp3) is 0.182. The first-order valence-electron chi connectivity index (χ1n) is 4.08. The number of rotatable bonds is 3. The van der Waals surface area contributed by atoms with Crippen LogP contribution in [0.3, 0.4) is 0 Å². The van der Waals surface area contributed by atoms with Crippen LogP contribution in [0.15, 0.2) is 43.0 Å². The molecule has 1 rings (SSSR count). The fourth-order valence-corrected chi connectivity index (χ4v) is 1.07. The second-order valence-corrected chi connectivity index (χ2v) is 2.68. The van der Waals surface area contributed by atoms with E-state index < -0.39 is 0 Å². The fourth-order valence-electron chi connectivity index (χ4n) is 1.07. The highest BCUT2D eigenvalue weighted by atomic mass is 16.5. The van der Waals surface area contributed by atoms with Crippen molar-refractivity contribution in [1.82, 2.24) is 0 Å². The zero-order valence-electron chi connectivity index (χ0n) is 7.57. The molecule has 0 aliphatic rings. The summed E-state index contributed by atoms with van der Waals surface area (Å²) in [5, 5.41) is 0. The molecule has 0 radical (unpaired) electrons. The second kappa shape index (κ2) is 4.45. The summed E-state index contributed by atoms with van der Waals surface area (Å²) in [5.41, 5.74) is 0.938. The van der Waals surface area contributed by atoms with Crippen molar-refractivity contribution in [3.8, 4) is 0 Å². The van der Waals surface area contributed by atoms with Crippen molar-refractivity contribution in [2.45, 2.75) is 13.0 Å². The summed E-state index contributed by atoms with van der Waals surface area (Å²) in [6.45, 7) is 5.00. The lowest BCUT2D eigenvalue weighted by molar-refractivity contribution is -0.144. The Morgan fingerprint density at radius 3 is 2.54 bits per heavy atom. The van der Waals surface area contributed by atoms with Crippen LogP contribution in [0.2, 0.25) is 0 Å². The molecule has 13 heavy (non-hydrogen) atoms. The Morgan fingerprint density at radius 1 is 1.46 bits per heavy atom. The van der Waals surface area contributed by atoms with Crippen molar-refractivity contribution in [1.29, 1.82) is 0 Å². The average Bonchev–Trinajstić information content (AvgIpc) is 2.15. The number of esters is 1. The van der Waals surface area contributed by atoms with Gasteiger partial charge in [0.15, 0.2) is 0 Å². The van der Waals surface area contributed by atoms with Gasteiger partial charge in [-0.25, -0.2) is 0 Å². The smallest absolute Gasteiger partial charge is 0.303 e. The van der Waals surface area contributed by atoms with E-state index in [-0.39, 0.29) is 12.1 Å². The first-order chi connectivity index (χ1) is 6.24. The summed E-state index contributed by atoms with van der Waals surface area (Å²) < 4.78 is 5.03. The maximum absolute atomic E-state index is 10.7. The second-order valence-electron chi connectivity index (χ2n) is 2.68. The van der Waals surface area contributed by atoms with Gasteiger partial charge < -0.3 is 4.74 Å². The molecule has 0 aliphatic carbocycles. The molecular weight excluding hydrogens is 164 g/mol. The van der Waals surface area contributed by atoms with E-state index in [0.717, 1.165) is 5.56 Å². The predicted octanol–water partition coefficient (Wildman–Crippen LogP) is 2.48. The van der Waals surface area contributed by atoms with Crippen molar-refractivity contribution in [2.75, 3.05) is 0 Å². The lowest BCUT2D eigenvalue weighted by Crippen LogP contribution is -2.05. The molecule has 0 aromatic heterocycles. The number of carbonyl (C=O) groups is 1. The number of benzene rings is 1. The predicted molar refractivity (Wildman–Crippen MR) is 51.1 cm³/mol. The number of ether oxygens (including phenoxy) is 1. The minimum Gasteiger partial charge on any atom is -0.453 e. The van der Waals surface area contributed by atoms with Gasteiger partial charge in [-0.2, -0.15) is 0 Å². The molecule has 0 saturated heterocycles. The highest BCUT2D eigenvalue weighted by Crippen LogP contribution is 2.17. The SMILES string of the molecule is C=C[C@H](OC(C)=O)c1ccccc1. The van der Waals surface area contributed by atoms with Gasteiger partial charge >= 0.3 is 5.97 Å². The third kappa shape index (κ3) is 2.75. The summed E-state index contributed by atoms with van der Waals surface area (Å²) in [5.74, 6) is -0.297. The molecule has 1 atom stereocenters. The van der Waals surface area contributed by atoms with Gasteiger partial charge in [-0.05, 0) is 11.6 Å². The first-order valence-corrected chi connectivity index (χ1v) is 4.08. The lowest BCUT2D eigenvalue weighted by atomic mass is 10.1. The van der Waals surface area contributed by atoms with E-state index in [1.807, 2.05) is 30.3 Å². The minimum absolute atomic E-state index is 0.297. The van der Waals surface area contributed by atoms with Crippen molar-refractivity contribution in [3.05, 3.63) is 48.6 Å². The standard InChI is InChI=1S/C11H12O2/c1-3-11(13-9(2)12)10-7-5-4-6-8-10/h3-8,11H,1H2,2H3/t11-/m0/s1. The van der Waals surface area contributed by atoms with E-state index in [2.05, 4.69) is 6.58 Å². The highest BCUT2D eigenvalue weighted by Gasteiger charge is 2.08. The number of hydrogen-bond donors (Lipinski definition) is 0. The van der Waals surface area contributed by atoms with Crippen LogP contribution in [0.4, 0.5) is 0 Å². The highest BCUT2D eigenvalue weighted by molar-refractivity contribution is 5.66. The van der Waals surface area contributed by atoms with Crippen molar-refractivity contribution < 1.29 is 9.53 Å². The molecule has 1 aromatic rings. The lowest BCUT2D eigenvalue weighted by Gasteiger charge is -2.12. The molecule has 0 heterocycles. The zero-order chi connectivity index (χ0) is 9.68. The molecule has 0 bridgehead atoms. The van der Waals surface area contributed by atoms with Crippen molar-refractivity contribution in [2.24, 2.45) is 0 Å². The van der Waals surface area contributed by atoms with E-state index >= 15 is 0 Å². The van der Waals surface area contributed by atoms with E-state index in [9.17, 15) is 4.79 Å². The normalized spacial score (nSPS) is 11.8. The summed E-state index contributed by atoms with van der Waals surface area (Å²) in [4.78, 5) is 10.7. The van der Waals surface area contributed by atoms with Gasteiger partial charge in [0.1, 0.15) is 6.10 Å². The maximum atomic E-state index is 10.7. The minimum atomic E-state index is -0.335. The van der Waals surface area contributed by atoms with Gasteiger partial charge in [-0.3, -0.25) is 4.79 Å². The van der Waals surface area contributed by atoms with Crippen LogP contribution in [0.5, 0.6) is 0 Å². The van der Waals surface area contributed by atoms with Gasteiger partial charge in [0.05, 0.1) is 0 Å². The molecule has 0 N–H and O–H groups in total. The Labute approximate surface area is 77.8 Å². The largest absolute Gasteiger partial charge is 0.453 e. The van der Waals surface area contributed by atoms with Gasteiger partial charge in [0.2, 0.25) is 0 Å². The molecule has 2 heteroatoms. The van der Waals surface area contributed by atoms with E-state index in [1.54, 1.807) is 6.08 Å². The van der Waals surface area contributed by atoms with Crippen LogP contribution in [0.25, 0.3) is 0 Å². The molecule has 0 spiro atoms. The topological polar surface area (TPSA) is 26.3 Å². The third-order valence-corrected chi connectivity index (χ3v) is 1.64. The summed E-state index contributed by atoms with van der Waals surface area (Å²) >= 11 is 0. The molecule has 68 valence electrons. The Morgan fingerprint density at radius 2 is 2.08 bits per heavy atom. The van der Waals surface area contributed by atoms with Gasteiger partial charge in [-0.15, -0.1) is 0 Å². The third-order valence-electron chi connectivity index (χ3n) is 1.64. The van der Waals surface area contributed by atoms with E-state index in [0.29, 0.717) is 0 Å². The molecule has 1 aromatic carbocycles. The van der Waals surface area contributed by atoms with Crippen LogP contribution in [-0.4, -0.2) is 5.97 Å². The van der Waals surface area contributed by atoms with Crippen LogP contribution in [0, 0.1) is 0 Å². The molecule has 2 nitrogen and oxygen atoms in total.